The number of hydrogen-bond donors (Lipinski definition) is 1. The zero-order valence-corrected chi connectivity index (χ0v) is 14.1. The number of likely N-dealkylation sites (tertiary alicyclic amines) is 1. The summed E-state index contributed by atoms with van der Waals surface area (Å²) in [4.78, 5) is 20.5. The molecule has 0 bridgehead atoms. The molecule has 2 saturated heterocycles. The number of carbonyl (C=O) groups excluding carboxylic acids is 1. The lowest BCUT2D eigenvalue weighted by molar-refractivity contribution is -0.139. The van der Waals surface area contributed by atoms with Crippen molar-refractivity contribution in [3.63, 3.8) is 0 Å². The van der Waals surface area contributed by atoms with Crippen molar-refractivity contribution in [1.82, 2.24) is 14.8 Å². The van der Waals surface area contributed by atoms with Crippen LogP contribution in [0, 0.1) is 0 Å². The monoisotopic (exact) mass is 324 g/mol. The number of aromatic nitrogens is 1. The van der Waals surface area contributed by atoms with Gasteiger partial charge < -0.3 is 19.9 Å². The second-order valence-corrected chi connectivity index (χ2v) is 7.43. The van der Waals surface area contributed by atoms with Crippen LogP contribution >= 0.6 is 11.3 Å². The number of ether oxygens (including phenoxy) is 1. The van der Waals surface area contributed by atoms with E-state index in [2.05, 4.69) is 10.3 Å². The van der Waals surface area contributed by atoms with E-state index in [0.717, 1.165) is 37.5 Å². The van der Waals surface area contributed by atoms with Gasteiger partial charge in [-0.25, -0.2) is 4.98 Å². The Morgan fingerprint density at radius 1 is 1.64 bits per heavy atom. The van der Waals surface area contributed by atoms with Gasteiger partial charge in [0.2, 0.25) is 5.91 Å². The molecule has 2 aliphatic heterocycles. The van der Waals surface area contributed by atoms with Crippen LogP contribution in [0.25, 0.3) is 0 Å². The average Bonchev–Trinajstić information content (AvgIpc) is 3.10. The van der Waals surface area contributed by atoms with Gasteiger partial charge in [-0.3, -0.25) is 4.79 Å². The van der Waals surface area contributed by atoms with Crippen LogP contribution in [-0.2, 0) is 9.53 Å². The molecule has 0 aliphatic carbocycles. The third kappa shape index (κ3) is 3.59. The fourth-order valence-corrected chi connectivity index (χ4v) is 3.98. The lowest BCUT2D eigenvalue weighted by atomic mass is 9.88. The lowest BCUT2D eigenvalue weighted by Gasteiger charge is -2.40. The number of hydrogen-bond acceptors (Lipinski definition) is 6. The maximum Gasteiger partial charge on any atom is 0.236 e. The largest absolute Gasteiger partial charge is 0.371 e. The van der Waals surface area contributed by atoms with Crippen LogP contribution in [0.2, 0.25) is 0 Å². The van der Waals surface area contributed by atoms with Crippen molar-refractivity contribution >= 4 is 22.4 Å². The van der Waals surface area contributed by atoms with Gasteiger partial charge >= 0.3 is 0 Å². The first kappa shape index (κ1) is 15.7. The van der Waals surface area contributed by atoms with E-state index in [-0.39, 0.29) is 17.6 Å². The first-order chi connectivity index (χ1) is 10.6. The fraction of sp³-hybridized carbons (Fsp3) is 0.733. The van der Waals surface area contributed by atoms with E-state index in [1.54, 1.807) is 17.5 Å². The van der Waals surface area contributed by atoms with Crippen LogP contribution in [0.1, 0.15) is 19.3 Å². The molecule has 22 heavy (non-hydrogen) atoms. The van der Waals surface area contributed by atoms with E-state index in [1.165, 1.54) is 0 Å². The highest BCUT2D eigenvalue weighted by Crippen LogP contribution is 2.36. The molecule has 0 saturated carbocycles. The number of piperidine rings is 1. The number of carbonyl (C=O) groups is 1. The van der Waals surface area contributed by atoms with Gasteiger partial charge in [-0.2, -0.15) is 0 Å². The summed E-state index contributed by atoms with van der Waals surface area (Å²) in [5.41, 5.74) is -0.171. The molecule has 7 heteroatoms. The first-order valence-corrected chi connectivity index (χ1v) is 8.67. The quantitative estimate of drug-likeness (QED) is 0.904. The van der Waals surface area contributed by atoms with Gasteiger partial charge in [-0.05, 0) is 26.9 Å². The number of amides is 1. The Balaban J connectivity index is 1.58. The highest BCUT2D eigenvalue weighted by molar-refractivity contribution is 7.13. The second kappa shape index (κ2) is 6.52. The molecule has 3 rings (SSSR count). The second-order valence-electron chi connectivity index (χ2n) is 6.53. The highest BCUT2D eigenvalue weighted by Gasteiger charge is 2.44. The van der Waals surface area contributed by atoms with E-state index < -0.39 is 0 Å². The van der Waals surface area contributed by atoms with Crippen molar-refractivity contribution in [3.05, 3.63) is 11.6 Å². The molecule has 0 aromatic carbocycles. The summed E-state index contributed by atoms with van der Waals surface area (Å²) in [5, 5.41) is 6.35. The SMILES string of the molecule is CN(C)CC(=O)N1CCCC2(CC(Nc3nccs3)CO2)C1. The van der Waals surface area contributed by atoms with Crippen LogP contribution in [0.3, 0.4) is 0 Å². The predicted molar refractivity (Wildman–Crippen MR) is 87.2 cm³/mol. The van der Waals surface area contributed by atoms with Crippen molar-refractivity contribution in [2.75, 3.05) is 45.7 Å². The Morgan fingerprint density at radius 2 is 2.50 bits per heavy atom. The van der Waals surface area contributed by atoms with Gasteiger partial charge in [-0.15, -0.1) is 11.3 Å². The van der Waals surface area contributed by atoms with E-state index in [9.17, 15) is 4.79 Å². The van der Waals surface area contributed by atoms with Crippen molar-refractivity contribution < 1.29 is 9.53 Å². The molecule has 2 atom stereocenters. The van der Waals surface area contributed by atoms with E-state index in [0.29, 0.717) is 13.2 Å². The summed E-state index contributed by atoms with van der Waals surface area (Å²) in [5.74, 6) is 0.198. The molecule has 0 radical (unpaired) electrons. The molecule has 122 valence electrons. The van der Waals surface area contributed by atoms with Crippen LogP contribution in [-0.4, -0.2) is 72.7 Å². The minimum absolute atomic E-state index is 0.171. The van der Waals surface area contributed by atoms with Crippen molar-refractivity contribution in [3.8, 4) is 0 Å². The predicted octanol–water partition coefficient (Wildman–Crippen LogP) is 1.27. The third-order valence-corrected chi connectivity index (χ3v) is 5.02. The summed E-state index contributed by atoms with van der Waals surface area (Å²) < 4.78 is 6.14. The molecule has 2 unspecified atom stereocenters. The molecule has 6 nitrogen and oxygen atoms in total. The molecule has 1 aromatic rings. The summed E-state index contributed by atoms with van der Waals surface area (Å²) in [6.07, 6.45) is 4.80. The summed E-state index contributed by atoms with van der Waals surface area (Å²) in [7, 11) is 3.86. The van der Waals surface area contributed by atoms with E-state index >= 15 is 0 Å². The molecule has 2 aliphatic rings. The summed E-state index contributed by atoms with van der Waals surface area (Å²) in [6, 6.07) is 0.287. The van der Waals surface area contributed by atoms with E-state index in [4.69, 9.17) is 4.74 Å². The van der Waals surface area contributed by atoms with Crippen molar-refractivity contribution in [2.45, 2.75) is 30.9 Å². The van der Waals surface area contributed by atoms with E-state index in [1.807, 2.05) is 29.3 Å². The smallest absolute Gasteiger partial charge is 0.236 e. The molecule has 1 amide bonds. The molecule has 1 spiro atoms. The van der Waals surface area contributed by atoms with Crippen molar-refractivity contribution in [1.29, 1.82) is 0 Å². The standard InChI is InChI=1S/C15H24N4O2S/c1-18(2)9-13(20)19-6-3-4-15(11-19)8-12(10-21-15)17-14-16-5-7-22-14/h5,7,12H,3-4,6,8-11H2,1-2H3,(H,16,17). The summed E-state index contributed by atoms with van der Waals surface area (Å²) >= 11 is 1.61. The maximum absolute atomic E-state index is 12.3. The molecule has 1 N–H and O–H groups in total. The third-order valence-electron chi connectivity index (χ3n) is 4.31. The zero-order chi connectivity index (χ0) is 15.6. The van der Waals surface area contributed by atoms with Crippen LogP contribution < -0.4 is 5.32 Å². The molecule has 1 aromatic heterocycles. The van der Waals surface area contributed by atoms with Gasteiger partial charge in [0.05, 0.1) is 24.8 Å². The van der Waals surface area contributed by atoms with Crippen LogP contribution in [0.15, 0.2) is 11.6 Å². The maximum atomic E-state index is 12.3. The molecular weight excluding hydrogens is 300 g/mol. The van der Waals surface area contributed by atoms with Gasteiger partial charge in [0.25, 0.3) is 0 Å². The Morgan fingerprint density at radius 3 is 3.23 bits per heavy atom. The van der Waals surface area contributed by atoms with Gasteiger partial charge in [-0.1, -0.05) is 0 Å². The minimum Gasteiger partial charge on any atom is -0.371 e. The molecule has 3 heterocycles. The van der Waals surface area contributed by atoms with Gasteiger partial charge in [0, 0.05) is 31.1 Å². The number of thiazole rings is 1. The number of anilines is 1. The van der Waals surface area contributed by atoms with Crippen LogP contribution in [0.4, 0.5) is 5.13 Å². The number of likely N-dealkylation sites (N-methyl/N-ethyl adjacent to an activating group) is 1. The fourth-order valence-electron chi connectivity index (χ4n) is 3.37. The van der Waals surface area contributed by atoms with Crippen LogP contribution in [0.5, 0.6) is 0 Å². The molecular formula is C15H24N4O2S. The topological polar surface area (TPSA) is 57.7 Å². The van der Waals surface area contributed by atoms with Gasteiger partial charge in [0.1, 0.15) is 0 Å². The number of nitrogens with zero attached hydrogens (tertiary/aromatic N) is 3. The highest BCUT2D eigenvalue weighted by atomic mass is 32.1. The molecule has 2 fully saturated rings. The summed E-state index contributed by atoms with van der Waals surface area (Å²) in [6.45, 7) is 2.73. The minimum atomic E-state index is -0.171. The Hall–Kier alpha value is -1.18. The van der Waals surface area contributed by atoms with Gasteiger partial charge in [0.15, 0.2) is 5.13 Å². The van der Waals surface area contributed by atoms with Crippen molar-refractivity contribution in [2.24, 2.45) is 0 Å². The first-order valence-electron chi connectivity index (χ1n) is 7.79. The lowest BCUT2D eigenvalue weighted by Crippen LogP contribution is -2.52. The number of nitrogens with one attached hydrogen (secondary N) is 1. The zero-order valence-electron chi connectivity index (χ0n) is 13.2. The Bertz CT molecular complexity index is 508. The Labute approximate surface area is 135 Å². The normalized spacial score (nSPS) is 28.5. The average molecular weight is 324 g/mol. The Kier molecular flexibility index (Phi) is 4.65. The number of rotatable bonds is 4.